The Balaban J connectivity index is 2.57. The summed E-state index contributed by atoms with van der Waals surface area (Å²) in [5.74, 6) is -0.127. The van der Waals surface area contributed by atoms with Crippen molar-refractivity contribution in [2.75, 3.05) is 7.11 Å². The molecule has 0 atom stereocenters. The van der Waals surface area contributed by atoms with E-state index in [2.05, 4.69) is 17.6 Å². The Morgan fingerprint density at radius 1 is 1.40 bits per heavy atom. The van der Waals surface area contributed by atoms with Gasteiger partial charge >= 0.3 is 0 Å². The van der Waals surface area contributed by atoms with Gasteiger partial charge in [0.05, 0.1) is 12.8 Å². The highest BCUT2D eigenvalue weighted by Crippen LogP contribution is 2.32. The first kappa shape index (κ1) is 10.1. The Kier molecular flexibility index (Phi) is 2.68. The number of aromatic nitrogens is 1. The highest BCUT2D eigenvalue weighted by atomic mass is 32.1. The fraction of sp³-hybridized carbons (Fsp3) is 0.0909. The van der Waals surface area contributed by atoms with Crippen LogP contribution in [-0.2, 0) is 0 Å². The van der Waals surface area contributed by atoms with Gasteiger partial charge in [-0.15, -0.1) is 12.6 Å². The Morgan fingerprint density at radius 2 is 2.20 bits per heavy atom. The van der Waals surface area contributed by atoms with Gasteiger partial charge in [0.15, 0.2) is 11.6 Å². The van der Waals surface area contributed by atoms with Crippen molar-refractivity contribution in [1.82, 2.24) is 4.98 Å². The number of methoxy groups -OCH3 is 1. The van der Waals surface area contributed by atoms with Crippen molar-refractivity contribution in [2.24, 2.45) is 0 Å². The Labute approximate surface area is 92.5 Å². The van der Waals surface area contributed by atoms with E-state index >= 15 is 0 Å². The van der Waals surface area contributed by atoms with E-state index in [0.29, 0.717) is 5.56 Å². The van der Waals surface area contributed by atoms with E-state index in [1.165, 1.54) is 13.2 Å². The van der Waals surface area contributed by atoms with Crippen molar-refractivity contribution in [1.29, 1.82) is 0 Å². The zero-order valence-electron chi connectivity index (χ0n) is 8.12. The molecule has 0 spiro atoms. The molecule has 4 heteroatoms. The van der Waals surface area contributed by atoms with E-state index in [-0.39, 0.29) is 11.6 Å². The van der Waals surface area contributed by atoms with Crippen LogP contribution >= 0.6 is 12.6 Å². The third kappa shape index (κ3) is 1.85. The Morgan fingerprint density at radius 3 is 2.80 bits per heavy atom. The Hall–Kier alpha value is -1.42. The quantitative estimate of drug-likeness (QED) is 0.751. The third-order valence-electron chi connectivity index (χ3n) is 2.13. The minimum Gasteiger partial charge on any atom is -0.493 e. The molecule has 1 aromatic heterocycles. The number of hydrogen-bond donors (Lipinski definition) is 2. The molecule has 15 heavy (non-hydrogen) atoms. The summed E-state index contributed by atoms with van der Waals surface area (Å²) in [6.07, 6.45) is 1.74. The summed E-state index contributed by atoms with van der Waals surface area (Å²) in [6, 6.07) is 6.63. The lowest BCUT2D eigenvalue weighted by Crippen LogP contribution is -1.91. The van der Waals surface area contributed by atoms with E-state index in [1.54, 1.807) is 18.3 Å². The number of thiol groups is 1. The zero-order valence-corrected chi connectivity index (χ0v) is 9.01. The zero-order chi connectivity index (χ0) is 10.8. The number of hydrogen-bond acceptors (Lipinski definition) is 2. The number of nitrogens with one attached hydrogen (secondary N) is 1. The lowest BCUT2D eigenvalue weighted by atomic mass is 10.1. The molecule has 2 aromatic rings. The lowest BCUT2D eigenvalue weighted by Gasteiger charge is -2.07. The molecule has 0 saturated heterocycles. The monoisotopic (exact) mass is 223 g/mol. The number of aromatic amines is 1. The summed E-state index contributed by atoms with van der Waals surface area (Å²) in [4.78, 5) is 3.80. The molecule has 1 N–H and O–H groups in total. The molecule has 0 aliphatic carbocycles. The molecule has 2 rings (SSSR count). The molecule has 0 bridgehead atoms. The van der Waals surface area contributed by atoms with Crippen LogP contribution < -0.4 is 4.74 Å². The van der Waals surface area contributed by atoms with Crippen LogP contribution in [0.15, 0.2) is 35.4 Å². The Bertz CT molecular complexity index is 481. The molecule has 0 amide bonds. The smallest absolute Gasteiger partial charge is 0.165 e. The summed E-state index contributed by atoms with van der Waals surface area (Å²) in [5, 5.41) is 0. The molecule has 0 radical (unpaired) electrons. The van der Waals surface area contributed by atoms with Crippen LogP contribution in [0.5, 0.6) is 5.75 Å². The van der Waals surface area contributed by atoms with Crippen molar-refractivity contribution >= 4 is 12.6 Å². The molecule has 78 valence electrons. The van der Waals surface area contributed by atoms with Crippen LogP contribution in [-0.4, -0.2) is 12.1 Å². The maximum atomic E-state index is 13.4. The fourth-order valence-electron chi connectivity index (χ4n) is 1.47. The maximum Gasteiger partial charge on any atom is 0.165 e. The van der Waals surface area contributed by atoms with Gasteiger partial charge in [0.1, 0.15) is 0 Å². The predicted octanol–water partition coefficient (Wildman–Crippen LogP) is 3.12. The van der Waals surface area contributed by atoms with Gasteiger partial charge in [-0.25, -0.2) is 4.39 Å². The van der Waals surface area contributed by atoms with Gasteiger partial charge in [-0.2, -0.15) is 0 Å². The first-order valence-electron chi connectivity index (χ1n) is 4.42. The molecule has 0 aliphatic rings. The number of H-pyrrole nitrogens is 1. The number of para-hydroxylation sites is 1. The van der Waals surface area contributed by atoms with Crippen LogP contribution in [0.25, 0.3) is 11.3 Å². The van der Waals surface area contributed by atoms with E-state index in [0.717, 1.165) is 10.6 Å². The minimum atomic E-state index is -0.370. The van der Waals surface area contributed by atoms with Gasteiger partial charge in [0.25, 0.3) is 0 Å². The molecular weight excluding hydrogens is 213 g/mol. The first-order valence-corrected chi connectivity index (χ1v) is 4.87. The maximum absolute atomic E-state index is 13.4. The summed E-state index contributed by atoms with van der Waals surface area (Å²) >= 11 is 4.18. The van der Waals surface area contributed by atoms with Crippen molar-refractivity contribution < 1.29 is 9.13 Å². The van der Waals surface area contributed by atoms with Gasteiger partial charge in [-0.3, -0.25) is 0 Å². The SMILES string of the molecule is COc1c(F)cccc1-c1cc(S)c[nH]1. The second-order valence-corrected chi connectivity index (χ2v) is 3.61. The highest BCUT2D eigenvalue weighted by Gasteiger charge is 2.11. The third-order valence-corrected chi connectivity index (χ3v) is 2.39. The predicted molar refractivity (Wildman–Crippen MR) is 60.0 cm³/mol. The topological polar surface area (TPSA) is 25.0 Å². The summed E-state index contributed by atoms with van der Waals surface area (Å²) in [7, 11) is 1.45. The largest absolute Gasteiger partial charge is 0.493 e. The number of benzene rings is 1. The average molecular weight is 223 g/mol. The van der Waals surface area contributed by atoms with Gasteiger partial charge < -0.3 is 9.72 Å². The van der Waals surface area contributed by atoms with E-state index < -0.39 is 0 Å². The van der Waals surface area contributed by atoms with Crippen molar-refractivity contribution in [3.63, 3.8) is 0 Å². The van der Waals surface area contributed by atoms with E-state index in [9.17, 15) is 4.39 Å². The first-order chi connectivity index (χ1) is 7.22. The van der Waals surface area contributed by atoms with E-state index in [1.807, 2.05) is 6.07 Å². The lowest BCUT2D eigenvalue weighted by molar-refractivity contribution is 0.388. The normalized spacial score (nSPS) is 10.3. The molecule has 0 aliphatic heterocycles. The van der Waals surface area contributed by atoms with Crippen LogP contribution in [0, 0.1) is 5.82 Å². The highest BCUT2D eigenvalue weighted by molar-refractivity contribution is 7.80. The second-order valence-electron chi connectivity index (χ2n) is 3.09. The van der Waals surface area contributed by atoms with Gasteiger partial charge in [0, 0.05) is 16.7 Å². The van der Waals surface area contributed by atoms with Gasteiger partial charge in [0.2, 0.25) is 0 Å². The van der Waals surface area contributed by atoms with E-state index in [4.69, 9.17) is 4.74 Å². The number of halogens is 1. The van der Waals surface area contributed by atoms with Crippen molar-refractivity contribution in [3.8, 4) is 17.0 Å². The second kappa shape index (κ2) is 3.98. The van der Waals surface area contributed by atoms with Crippen molar-refractivity contribution in [3.05, 3.63) is 36.3 Å². The number of ether oxygens (including phenoxy) is 1. The fourth-order valence-corrected chi connectivity index (χ4v) is 1.66. The van der Waals surface area contributed by atoms with Crippen LogP contribution in [0.3, 0.4) is 0 Å². The number of rotatable bonds is 2. The van der Waals surface area contributed by atoms with Crippen LogP contribution in [0.4, 0.5) is 4.39 Å². The molecule has 0 fully saturated rings. The molecule has 0 saturated carbocycles. The summed E-state index contributed by atoms with van der Waals surface area (Å²) in [6.45, 7) is 0. The van der Waals surface area contributed by atoms with Crippen molar-refractivity contribution in [2.45, 2.75) is 4.90 Å². The minimum absolute atomic E-state index is 0.243. The molecule has 1 aromatic carbocycles. The van der Waals surface area contributed by atoms with Crippen LogP contribution in [0.2, 0.25) is 0 Å². The van der Waals surface area contributed by atoms with Gasteiger partial charge in [-0.1, -0.05) is 6.07 Å². The molecular formula is C11H10FNOS. The van der Waals surface area contributed by atoms with Gasteiger partial charge in [-0.05, 0) is 18.2 Å². The average Bonchev–Trinajstić information content (AvgIpc) is 2.64. The molecule has 1 heterocycles. The summed E-state index contributed by atoms with van der Waals surface area (Å²) in [5.41, 5.74) is 1.48. The van der Waals surface area contributed by atoms with Crippen LogP contribution in [0.1, 0.15) is 0 Å². The molecule has 2 nitrogen and oxygen atoms in total. The standard InChI is InChI=1S/C11H10FNOS/c1-14-11-8(3-2-4-9(11)12)10-5-7(15)6-13-10/h2-6,13,15H,1H3. The summed E-state index contributed by atoms with van der Waals surface area (Å²) < 4.78 is 18.4. The molecule has 0 unspecified atom stereocenters.